The van der Waals surface area contributed by atoms with E-state index in [0.29, 0.717) is 11.4 Å². The highest BCUT2D eigenvalue weighted by atomic mass is 35.5. The van der Waals surface area contributed by atoms with Gasteiger partial charge >= 0.3 is 5.97 Å². The minimum atomic E-state index is -0.469. The van der Waals surface area contributed by atoms with E-state index < -0.39 is 5.92 Å². The summed E-state index contributed by atoms with van der Waals surface area (Å²) in [5, 5.41) is 10.1. The number of halogens is 1. The van der Waals surface area contributed by atoms with E-state index in [1.54, 1.807) is 37.3 Å². The van der Waals surface area contributed by atoms with Crippen LogP contribution in [-0.2, 0) is 14.3 Å². The molecule has 132 valence electrons. The highest BCUT2D eigenvalue weighted by molar-refractivity contribution is 6.30. The van der Waals surface area contributed by atoms with Gasteiger partial charge in [0.25, 0.3) is 0 Å². The summed E-state index contributed by atoms with van der Waals surface area (Å²) >= 11 is 5.83. The van der Waals surface area contributed by atoms with Crippen molar-refractivity contribution in [2.45, 2.75) is 26.3 Å². The summed E-state index contributed by atoms with van der Waals surface area (Å²) in [6.07, 6.45) is 3.70. The molecular weight excluding hydrogens is 330 g/mol. The fraction of sp³-hybridized carbons (Fsp3) is 0.444. The van der Waals surface area contributed by atoms with E-state index in [4.69, 9.17) is 16.3 Å². The molecule has 0 aliphatic heterocycles. The first-order valence-electron chi connectivity index (χ1n) is 7.85. The molecule has 0 saturated carbocycles. The van der Waals surface area contributed by atoms with Gasteiger partial charge in [-0.25, -0.2) is 0 Å². The van der Waals surface area contributed by atoms with Crippen LogP contribution in [0.5, 0.6) is 0 Å². The quantitative estimate of drug-likeness (QED) is 0.576. The molecule has 0 aliphatic carbocycles. The lowest BCUT2D eigenvalue weighted by Crippen LogP contribution is -2.45. The fourth-order valence-electron chi connectivity index (χ4n) is 2.27. The Bertz CT molecular complexity index is 567. The van der Waals surface area contributed by atoms with E-state index in [-0.39, 0.29) is 31.1 Å². The van der Waals surface area contributed by atoms with Crippen molar-refractivity contribution in [3.63, 3.8) is 0 Å². The van der Waals surface area contributed by atoms with Gasteiger partial charge in [0, 0.05) is 17.6 Å². The maximum atomic E-state index is 12.5. The third kappa shape index (κ3) is 5.98. The van der Waals surface area contributed by atoms with Crippen molar-refractivity contribution in [1.29, 1.82) is 0 Å². The van der Waals surface area contributed by atoms with E-state index in [1.165, 1.54) is 18.1 Å². The van der Waals surface area contributed by atoms with Crippen LogP contribution < -0.4 is 0 Å². The molecule has 5 nitrogen and oxygen atoms in total. The normalized spacial score (nSPS) is 13.5. The second-order valence-corrected chi connectivity index (χ2v) is 5.98. The zero-order valence-electron chi connectivity index (χ0n) is 14.2. The molecule has 0 aromatic heterocycles. The van der Waals surface area contributed by atoms with Crippen LogP contribution in [0.2, 0.25) is 5.02 Å². The van der Waals surface area contributed by atoms with Crippen molar-refractivity contribution in [3.05, 3.63) is 40.9 Å². The van der Waals surface area contributed by atoms with Crippen LogP contribution in [0.25, 0.3) is 6.08 Å². The molecule has 0 heterocycles. The van der Waals surface area contributed by atoms with E-state index in [0.717, 1.165) is 5.56 Å². The smallest absolute Gasteiger partial charge is 0.310 e. The van der Waals surface area contributed by atoms with Crippen molar-refractivity contribution in [2.75, 3.05) is 20.3 Å². The molecular formula is C18H24ClNO4. The van der Waals surface area contributed by atoms with Crippen molar-refractivity contribution in [1.82, 2.24) is 4.90 Å². The number of amides is 1. The number of esters is 1. The number of aliphatic hydroxyl groups excluding tert-OH is 1. The monoisotopic (exact) mass is 353 g/mol. The Balaban J connectivity index is 2.90. The van der Waals surface area contributed by atoms with Gasteiger partial charge in [0.05, 0.1) is 25.7 Å². The first-order chi connectivity index (χ1) is 11.4. The molecule has 1 amide bonds. The average molecular weight is 354 g/mol. The van der Waals surface area contributed by atoms with Crippen molar-refractivity contribution in [2.24, 2.45) is 5.92 Å². The Hall–Kier alpha value is -1.85. The third-order valence-electron chi connectivity index (χ3n) is 3.77. The average Bonchev–Trinajstić information content (AvgIpc) is 2.60. The zero-order chi connectivity index (χ0) is 18.1. The number of benzene rings is 1. The Kier molecular flexibility index (Phi) is 8.50. The standard InChI is InChI=1S/C18H24ClNO4/c1-4-16(12-21)20(11-13(2)18(23)24-3)17(22)10-7-14-5-8-15(19)9-6-14/h5-10,13,16,21H,4,11-12H2,1-3H3/b10-7+. The van der Waals surface area contributed by atoms with Gasteiger partial charge in [0.2, 0.25) is 5.91 Å². The Morgan fingerprint density at radius 2 is 1.96 bits per heavy atom. The molecule has 2 atom stereocenters. The molecule has 0 fully saturated rings. The number of methoxy groups -OCH3 is 1. The van der Waals surface area contributed by atoms with Crippen LogP contribution in [0.3, 0.4) is 0 Å². The minimum absolute atomic E-state index is 0.162. The number of hydrogen-bond donors (Lipinski definition) is 1. The van der Waals surface area contributed by atoms with Gasteiger partial charge in [-0.1, -0.05) is 37.6 Å². The summed E-state index contributed by atoms with van der Waals surface area (Å²) in [5.74, 6) is -1.12. The number of hydrogen-bond acceptors (Lipinski definition) is 4. The zero-order valence-corrected chi connectivity index (χ0v) is 15.0. The molecule has 0 saturated heterocycles. The summed E-state index contributed by atoms with van der Waals surface area (Å²) in [6.45, 7) is 3.60. The van der Waals surface area contributed by atoms with Crippen LogP contribution in [-0.4, -0.2) is 48.2 Å². The van der Waals surface area contributed by atoms with Crippen molar-refractivity contribution in [3.8, 4) is 0 Å². The molecule has 1 rings (SSSR count). The molecule has 1 N–H and O–H groups in total. The molecule has 0 radical (unpaired) electrons. The van der Waals surface area contributed by atoms with E-state index in [1.807, 2.05) is 6.92 Å². The SMILES string of the molecule is CCC(CO)N(CC(C)C(=O)OC)C(=O)/C=C/c1ccc(Cl)cc1. The van der Waals surface area contributed by atoms with Gasteiger partial charge in [-0.15, -0.1) is 0 Å². The number of nitrogens with zero attached hydrogens (tertiary/aromatic N) is 1. The fourth-order valence-corrected chi connectivity index (χ4v) is 2.40. The summed E-state index contributed by atoms with van der Waals surface area (Å²) in [6, 6.07) is 6.74. The summed E-state index contributed by atoms with van der Waals surface area (Å²) in [7, 11) is 1.31. The van der Waals surface area contributed by atoms with Crippen LogP contribution in [0.15, 0.2) is 30.3 Å². The van der Waals surface area contributed by atoms with Gasteiger partial charge in [0.1, 0.15) is 0 Å². The molecule has 1 aromatic carbocycles. The number of aliphatic hydroxyl groups is 1. The summed E-state index contributed by atoms with van der Waals surface area (Å²) in [5.41, 5.74) is 0.839. The minimum Gasteiger partial charge on any atom is -0.469 e. The molecule has 6 heteroatoms. The maximum absolute atomic E-state index is 12.5. The predicted molar refractivity (Wildman–Crippen MR) is 94.5 cm³/mol. The predicted octanol–water partition coefficient (Wildman–Crippen LogP) is 2.76. The van der Waals surface area contributed by atoms with Crippen molar-refractivity contribution < 1.29 is 19.4 Å². The van der Waals surface area contributed by atoms with Crippen LogP contribution in [0.4, 0.5) is 0 Å². The largest absolute Gasteiger partial charge is 0.469 e. The molecule has 0 bridgehead atoms. The van der Waals surface area contributed by atoms with E-state index in [9.17, 15) is 14.7 Å². The molecule has 2 unspecified atom stereocenters. The van der Waals surface area contributed by atoms with E-state index >= 15 is 0 Å². The maximum Gasteiger partial charge on any atom is 0.310 e. The number of carbonyl (C=O) groups excluding carboxylic acids is 2. The summed E-state index contributed by atoms with van der Waals surface area (Å²) < 4.78 is 4.71. The van der Waals surface area contributed by atoms with Gasteiger partial charge in [0.15, 0.2) is 0 Å². The van der Waals surface area contributed by atoms with E-state index in [2.05, 4.69) is 0 Å². The molecule has 0 spiro atoms. The van der Waals surface area contributed by atoms with Crippen LogP contribution in [0, 0.1) is 5.92 Å². The van der Waals surface area contributed by atoms with Crippen molar-refractivity contribution >= 4 is 29.6 Å². The highest BCUT2D eigenvalue weighted by Gasteiger charge is 2.25. The lowest BCUT2D eigenvalue weighted by atomic mass is 10.1. The molecule has 0 aliphatic rings. The molecule has 1 aromatic rings. The Morgan fingerprint density at radius 3 is 2.46 bits per heavy atom. The second-order valence-electron chi connectivity index (χ2n) is 5.54. The summed E-state index contributed by atoms with van der Waals surface area (Å²) in [4.78, 5) is 25.7. The van der Waals surface area contributed by atoms with Gasteiger partial charge in [-0.3, -0.25) is 9.59 Å². The highest BCUT2D eigenvalue weighted by Crippen LogP contribution is 2.13. The van der Waals surface area contributed by atoms with Gasteiger partial charge < -0.3 is 14.7 Å². The number of ether oxygens (including phenoxy) is 1. The first-order valence-corrected chi connectivity index (χ1v) is 8.23. The number of rotatable bonds is 8. The van der Waals surface area contributed by atoms with Gasteiger partial charge in [-0.05, 0) is 30.2 Å². The number of carbonyl (C=O) groups is 2. The second kappa shape index (κ2) is 10.1. The first kappa shape index (κ1) is 20.2. The van der Waals surface area contributed by atoms with Crippen LogP contribution >= 0.6 is 11.6 Å². The molecule has 24 heavy (non-hydrogen) atoms. The van der Waals surface area contributed by atoms with Crippen LogP contribution in [0.1, 0.15) is 25.8 Å². The Labute approximate surface area is 147 Å². The lowest BCUT2D eigenvalue weighted by molar-refractivity contribution is -0.146. The lowest BCUT2D eigenvalue weighted by Gasteiger charge is -2.30. The Morgan fingerprint density at radius 1 is 1.33 bits per heavy atom. The third-order valence-corrected chi connectivity index (χ3v) is 4.02. The topological polar surface area (TPSA) is 66.8 Å². The van der Waals surface area contributed by atoms with Gasteiger partial charge in [-0.2, -0.15) is 0 Å².